The van der Waals surface area contributed by atoms with Crippen molar-refractivity contribution in [3.05, 3.63) is 35.9 Å². The molecule has 1 heterocycles. The number of imidazole rings is 1. The van der Waals surface area contributed by atoms with E-state index in [0.717, 1.165) is 33.7 Å². The van der Waals surface area contributed by atoms with Gasteiger partial charge in [0, 0.05) is 29.8 Å². The van der Waals surface area contributed by atoms with Crippen LogP contribution >= 0.6 is 0 Å². The second-order valence-corrected chi connectivity index (χ2v) is 5.74. The number of H-pyrrole nitrogens is 1. The lowest BCUT2D eigenvalue weighted by molar-refractivity contribution is -0.115. The number of benzene rings is 2. The summed E-state index contributed by atoms with van der Waals surface area (Å²) in [5.41, 5.74) is 4.33. The number of rotatable bonds is 5. The molecule has 0 atom stereocenters. The molecule has 0 bridgehead atoms. The number of anilines is 1. The van der Waals surface area contributed by atoms with E-state index in [4.69, 9.17) is 9.47 Å². The van der Waals surface area contributed by atoms with Crippen molar-refractivity contribution in [2.75, 3.05) is 19.5 Å². The molecular formula is C19H21N3O3. The van der Waals surface area contributed by atoms with Crippen molar-refractivity contribution < 1.29 is 14.3 Å². The van der Waals surface area contributed by atoms with Gasteiger partial charge < -0.3 is 19.8 Å². The number of hydrogen-bond donors (Lipinski definition) is 2. The highest BCUT2D eigenvalue weighted by atomic mass is 16.5. The number of aromatic nitrogens is 2. The summed E-state index contributed by atoms with van der Waals surface area (Å²) >= 11 is 0. The normalized spacial score (nSPS) is 10.7. The summed E-state index contributed by atoms with van der Waals surface area (Å²) in [6.45, 7) is 3.79. The maximum absolute atomic E-state index is 11.7. The Hall–Kier alpha value is -3.02. The first-order chi connectivity index (χ1) is 12.0. The number of aryl methyl sites for hydroxylation is 1. The van der Waals surface area contributed by atoms with Crippen molar-refractivity contribution in [1.29, 1.82) is 0 Å². The van der Waals surface area contributed by atoms with Crippen LogP contribution < -0.4 is 14.8 Å². The van der Waals surface area contributed by atoms with Gasteiger partial charge in [0.05, 0.1) is 25.3 Å². The topological polar surface area (TPSA) is 76.2 Å². The molecule has 0 saturated carbocycles. The maximum atomic E-state index is 11.7. The van der Waals surface area contributed by atoms with E-state index in [0.29, 0.717) is 17.9 Å². The summed E-state index contributed by atoms with van der Waals surface area (Å²) in [7, 11) is 3.20. The zero-order valence-electron chi connectivity index (χ0n) is 14.8. The Morgan fingerprint density at radius 2 is 1.88 bits per heavy atom. The zero-order chi connectivity index (χ0) is 18.0. The molecule has 0 radical (unpaired) electrons. The van der Waals surface area contributed by atoms with Crippen molar-refractivity contribution in [2.24, 2.45) is 0 Å². The Morgan fingerprint density at radius 3 is 2.56 bits per heavy atom. The summed E-state index contributed by atoms with van der Waals surface area (Å²) in [6, 6.07) is 9.56. The quantitative estimate of drug-likeness (QED) is 0.739. The first-order valence-electron chi connectivity index (χ1n) is 8.08. The van der Waals surface area contributed by atoms with E-state index in [1.165, 1.54) is 0 Å². The Balaban J connectivity index is 2.04. The fourth-order valence-electron chi connectivity index (χ4n) is 2.62. The third kappa shape index (κ3) is 3.28. The highest BCUT2D eigenvalue weighted by molar-refractivity contribution is 5.92. The molecule has 2 aromatic carbocycles. The standard InChI is InChI=1S/C19H21N3O3/c1-5-18(23)20-13-8-12(7-6-11(13)2)19-21-14-9-16(24-3)17(25-4)10-15(14)22-19/h6-10H,5H2,1-4H3,(H,20,23)(H,21,22). The molecule has 2 N–H and O–H groups in total. The van der Waals surface area contributed by atoms with Crippen molar-refractivity contribution >= 4 is 22.6 Å². The van der Waals surface area contributed by atoms with Gasteiger partial charge in [-0.1, -0.05) is 19.1 Å². The minimum absolute atomic E-state index is 0.0145. The van der Waals surface area contributed by atoms with Gasteiger partial charge >= 0.3 is 0 Å². The number of nitrogens with zero attached hydrogens (tertiary/aromatic N) is 1. The molecule has 0 spiro atoms. The highest BCUT2D eigenvalue weighted by Gasteiger charge is 2.12. The molecular weight excluding hydrogens is 318 g/mol. The number of amides is 1. The molecule has 0 fully saturated rings. The Labute approximate surface area is 146 Å². The number of methoxy groups -OCH3 is 2. The molecule has 1 aromatic heterocycles. The van der Waals surface area contributed by atoms with E-state index >= 15 is 0 Å². The number of nitrogens with one attached hydrogen (secondary N) is 2. The largest absolute Gasteiger partial charge is 0.493 e. The monoisotopic (exact) mass is 339 g/mol. The fraction of sp³-hybridized carbons (Fsp3) is 0.263. The first-order valence-corrected chi connectivity index (χ1v) is 8.08. The molecule has 1 amide bonds. The number of carbonyl (C=O) groups excluding carboxylic acids is 1. The van der Waals surface area contributed by atoms with Crippen molar-refractivity contribution in [3.8, 4) is 22.9 Å². The van der Waals surface area contributed by atoms with Crippen molar-refractivity contribution in [1.82, 2.24) is 9.97 Å². The fourth-order valence-corrected chi connectivity index (χ4v) is 2.62. The van der Waals surface area contributed by atoms with Gasteiger partial charge in [0.25, 0.3) is 0 Å². The molecule has 3 rings (SSSR count). The van der Waals surface area contributed by atoms with Gasteiger partial charge in [-0.05, 0) is 18.6 Å². The van der Waals surface area contributed by atoms with E-state index in [2.05, 4.69) is 15.3 Å². The average Bonchev–Trinajstić information content (AvgIpc) is 3.04. The van der Waals surface area contributed by atoms with Crippen molar-refractivity contribution in [3.63, 3.8) is 0 Å². The van der Waals surface area contributed by atoms with Gasteiger partial charge in [0.2, 0.25) is 5.91 Å². The second-order valence-electron chi connectivity index (χ2n) is 5.74. The minimum atomic E-state index is -0.0145. The van der Waals surface area contributed by atoms with Crippen LogP contribution in [0.2, 0.25) is 0 Å². The van der Waals surface area contributed by atoms with Crippen LogP contribution in [0.25, 0.3) is 22.4 Å². The van der Waals surface area contributed by atoms with Crippen LogP contribution in [0.1, 0.15) is 18.9 Å². The van der Waals surface area contributed by atoms with Crippen molar-refractivity contribution in [2.45, 2.75) is 20.3 Å². The molecule has 0 aliphatic heterocycles. The van der Waals surface area contributed by atoms with E-state index < -0.39 is 0 Å². The van der Waals surface area contributed by atoms with Crippen LogP contribution in [0.3, 0.4) is 0 Å². The average molecular weight is 339 g/mol. The summed E-state index contributed by atoms with van der Waals surface area (Å²) in [5.74, 6) is 1.98. The molecule has 0 saturated heterocycles. The Morgan fingerprint density at radius 1 is 1.16 bits per heavy atom. The minimum Gasteiger partial charge on any atom is -0.493 e. The van der Waals surface area contributed by atoms with Gasteiger partial charge in [0.1, 0.15) is 5.82 Å². The Bertz CT molecular complexity index is 890. The number of fused-ring (bicyclic) bond motifs is 1. The molecule has 0 unspecified atom stereocenters. The molecule has 6 heteroatoms. The van der Waals surface area contributed by atoms with Crippen LogP contribution in [0.4, 0.5) is 5.69 Å². The highest BCUT2D eigenvalue weighted by Crippen LogP contribution is 2.33. The number of aromatic amines is 1. The number of carbonyl (C=O) groups is 1. The van der Waals surface area contributed by atoms with Gasteiger partial charge in [-0.25, -0.2) is 4.98 Å². The SMILES string of the molecule is CCC(=O)Nc1cc(-c2nc3cc(OC)c(OC)cc3[nH]2)ccc1C. The molecule has 0 aliphatic carbocycles. The van der Waals surface area contributed by atoms with Crippen LogP contribution in [0, 0.1) is 6.92 Å². The Kier molecular flexibility index (Phi) is 4.61. The smallest absolute Gasteiger partial charge is 0.224 e. The van der Waals surface area contributed by atoms with Crippen LogP contribution in [-0.4, -0.2) is 30.1 Å². The molecule has 3 aromatic rings. The summed E-state index contributed by atoms with van der Waals surface area (Å²) < 4.78 is 10.7. The molecule has 0 aliphatic rings. The summed E-state index contributed by atoms with van der Waals surface area (Å²) in [5, 5.41) is 2.92. The molecule has 130 valence electrons. The summed E-state index contributed by atoms with van der Waals surface area (Å²) in [4.78, 5) is 19.6. The maximum Gasteiger partial charge on any atom is 0.224 e. The van der Waals surface area contributed by atoms with E-state index in [-0.39, 0.29) is 5.91 Å². The lowest BCUT2D eigenvalue weighted by Gasteiger charge is -2.09. The third-order valence-electron chi connectivity index (χ3n) is 4.09. The lowest BCUT2D eigenvalue weighted by atomic mass is 10.1. The van der Waals surface area contributed by atoms with Gasteiger partial charge in [-0.15, -0.1) is 0 Å². The predicted octanol–water partition coefficient (Wildman–Crippen LogP) is 3.90. The van der Waals surface area contributed by atoms with Crippen LogP contribution in [-0.2, 0) is 4.79 Å². The second kappa shape index (κ2) is 6.84. The first kappa shape index (κ1) is 16.8. The van der Waals surface area contributed by atoms with Crippen LogP contribution in [0.5, 0.6) is 11.5 Å². The zero-order valence-corrected chi connectivity index (χ0v) is 14.8. The van der Waals surface area contributed by atoms with Gasteiger partial charge in [-0.3, -0.25) is 4.79 Å². The van der Waals surface area contributed by atoms with E-state index in [9.17, 15) is 4.79 Å². The lowest BCUT2D eigenvalue weighted by Crippen LogP contribution is -2.10. The summed E-state index contributed by atoms with van der Waals surface area (Å²) in [6.07, 6.45) is 0.438. The third-order valence-corrected chi connectivity index (χ3v) is 4.09. The van der Waals surface area contributed by atoms with E-state index in [1.807, 2.05) is 44.2 Å². The molecule has 25 heavy (non-hydrogen) atoms. The van der Waals surface area contributed by atoms with Gasteiger partial charge in [0.15, 0.2) is 11.5 Å². The molecule has 6 nitrogen and oxygen atoms in total. The van der Waals surface area contributed by atoms with Gasteiger partial charge in [-0.2, -0.15) is 0 Å². The number of ether oxygens (including phenoxy) is 2. The van der Waals surface area contributed by atoms with E-state index in [1.54, 1.807) is 14.2 Å². The predicted molar refractivity (Wildman–Crippen MR) is 98.3 cm³/mol. The van der Waals surface area contributed by atoms with Crippen LogP contribution in [0.15, 0.2) is 30.3 Å². The number of hydrogen-bond acceptors (Lipinski definition) is 4.